The molecular weight excluding hydrogens is 409 g/mol. The minimum absolute atomic E-state index is 0.257. The number of benzene rings is 1. The van der Waals surface area contributed by atoms with Gasteiger partial charge in [-0.1, -0.05) is 24.3 Å². The summed E-state index contributed by atoms with van der Waals surface area (Å²) in [7, 11) is 0. The molecule has 5 rings (SSSR count). The van der Waals surface area contributed by atoms with Gasteiger partial charge in [0.2, 0.25) is 0 Å². The number of aromatic nitrogens is 3. The Morgan fingerprint density at radius 1 is 0.968 bits per heavy atom. The van der Waals surface area contributed by atoms with Crippen molar-refractivity contribution in [1.29, 1.82) is 0 Å². The van der Waals surface area contributed by atoms with Crippen LogP contribution in [0, 0.1) is 12.7 Å². The molecule has 31 heavy (non-hydrogen) atoms. The zero-order valence-electron chi connectivity index (χ0n) is 16.8. The Balaban J connectivity index is 1.68. The molecule has 1 aromatic carbocycles. The zero-order chi connectivity index (χ0) is 21.4. The van der Waals surface area contributed by atoms with Crippen LogP contribution in [0.4, 0.5) is 10.1 Å². The second-order valence-electron chi connectivity index (χ2n) is 7.44. The highest BCUT2D eigenvalue weighted by Gasteiger charge is 2.43. The summed E-state index contributed by atoms with van der Waals surface area (Å²) in [5.74, 6) is 0.460. The van der Waals surface area contributed by atoms with Gasteiger partial charge in [0.1, 0.15) is 17.7 Å². The number of hydrogen-bond donors (Lipinski definition) is 1. The first-order valence-corrected chi connectivity index (χ1v) is 10.4. The van der Waals surface area contributed by atoms with Crippen LogP contribution in [-0.4, -0.2) is 19.6 Å². The molecule has 1 saturated heterocycles. The number of nitrogens with zero attached hydrogens (tertiary/aromatic N) is 4. The molecule has 0 amide bonds. The van der Waals surface area contributed by atoms with E-state index in [4.69, 9.17) is 12.2 Å². The third-order valence-corrected chi connectivity index (χ3v) is 5.75. The van der Waals surface area contributed by atoms with Gasteiger partial charge in [0.05, 0.1) is 17.4 Å². The molecule has 0 saturated carbocycles. The third-order valence-electron chi connectivity index (χ3n) is 5.44. The number of thiocarbonyl (C=S) groups is 1. The Bertz CT molecular complexity index is 1220. The number of halogens is 1. The number of nitrogens with one attached hydrogen (secondary N) is 1. The van der Waals surface area contributed by atoms with E-state index in [1.165, 1.54) is 6.07 Å². The van der Waals surface area contributed by atoms with Crippen LogP contribution in [0.3, 0.4) is 0 Å². The molecule has 0 spiro atoms. The first-order chi connectivity index (χ1) is 15.1. The first kappa shape index (κ1) is 19.4. The lowest BCUT2D eigenvalue weighted by molar-refractivity contribution is 0.541. The Kier molecular flexibility index (Phi) is 4.95. The second kappa shape index (κ2) is 7.92. The number of pyridine rings is 2. The van der Waals surface area contributed by atoms with Crippen LogP contribution < -0.4 is 10.2 Å². The Morgan fingerprint density at radius 2 is 1.81 bits per heavy atom. The molecular formula is C24H20FN5S. The van der Waals surface area contributed by atoms with E-state index >= 15 is 0 Å². The Hall–Kier alpha value is -3.58. The summed E-state index contributed by atoms with van der Waals surface area (Å²) in [6, 6.07) is 19.9. The summed E-state index contributed by atoms with van der Waals surface area (Å²) < 4.78 is 16.9. The average Bonchev–Trinajstić information content (AvgIpc) is 3.40. The lowest BCUT2D eigenvalue weighted by Crippen LogP contribution is -2.31. The van der Waals surface area contributed by atoms with Gasteiger partial charge in [-0.3, -0.25) is 4.98 Å². The molecule has 1 aliphatic heterocycles. The van der Waals surface area contributed by atoms with Crippen molar-refractivity contribution in [1.82, 2.24) is 19.9 Å². The minimum Gasteiger partial charge on any atom is -0.351 e. The van der Waals surface area contributed by atoms with Gasteiger partial charge in [0, 0.05) is 24.3 Å². The Labute approximate surface area is 185 Å². The molecule has 1 aliphatic rings. The van der Waals surface area contributed by atoms with Crippen molar-refractivity contribution in [2.24, 2.45) is 0 Å². The van der Waals surface area contributed by atoms with Gasteiger partial charge in [-0.2, -0.15) is 0 Å². The number of rotatable bonds is 4. The minimum atomic E-state index is -0.329. The monoisotopic (exact) mass is 429 g/mol. The molecule has 154 valence electrons. The van der Waals surface area contributed by atoms with Gasteiger partial charge in [-0.05, 0) is 67.2 Å². The van der Waals surface area contributed by atoms with Crippen LogP contribution >= 0.6 is 12.2 Å². The number of anilines is 1. The first-order valence-electron chi connectivity index (χ1n) is 9.99. The SMILES string of the molecule is Cc1ccc(-n2cccc2C2C(c3ccccn3)NC(=S)N2c2ccccc2F)nc1. The second-order valence-corrected chi connectivity index (χ2v) is 7.83. The highest BCUT2D eigenvalue weighted by atomic mass is 32.1. The third kappa shape index (κ3) is 3.47. The van der Waals surface area contributed by atoms with Crippen molar-refractivity contribution in [2.45, 2.75) is 19.0 Å². The molecule has 3 aromatic heterocycles. The van der Waals surface area contributed by atoms with Crippen molar-refractivity contribution < 1.29 is 4.39 Å². The number of aryl methyl sites for hydroxylation is 1. The fraction of sp³-hybridized carbons (Fsp3) is 0.125. The molecule has 0 radical (unpaired) electrons. The molecule has 4 heterocycles. The van der Waals surface area contributed by atoms with Crippen LogP contribution in [0.2, 0.25) is 0 Å². The van der Waals surface area contributed by atoms with Crippen LogP contribution in [-0.2, 0) is 0 Å². The van der Waals surface area contributed by atoms with E-state index in [1.807, 2.05) is 77.3 Å². The van der Waals surface area contributed by atoms with Gasteiger partial charge in [0.25, 0.3) is 0 Å². The van der Waals surface area contributed by atoms with Crippen LogP contribution in [0.5, 0.6) is 0 Å². The highest BCUT2D eigenvalue weighted by Crippen LogP contribution is 2.42. The number of para-hydroxylation sites is 1. The topological polar surface area (TPSA) is 46.0 Å². The van der Waals surface area contributed by atoms with Gasteiger partial charge in [-0.15, -0.1) is 0 Å². The van der Waals surface area contributed by atoms with Crippen LogP contribution in [0.1, 0.15) is 29.0 Å². The quantitative estimate of drug-likeness (QED) is 0.468. The van der Waals surface area contributed by atoms with Gasteiger partial charge in [-0.25, -0.2) is 9.37 Å². The van der Waals surface area contributed by atoms with E-state index in [1.54, 1.807) is 18.3 Å². The molecule has 2 unspecified atom stereocenters. The lowest BCUT2D eigenvalue weighted by Gasteiger charge is -2.29. The van der Waals surface area contributed by atoms with Crippen molar-refractivity contribution in [3.8, 4) is 5.82 Å². The summed E-state index contributed by atoms with van der Waals surface area (Å²) >= 11 is 5.68. The summed E-state index contributed by atoms with van der Waals surface area (Å²) in [4.78, 5) is 11.0. The zero-order valence-corrected chi connectivity index (χ0v) is 17.6. The molecule has 7 heteroatoms. The molecule has 4 aromatic rings. The maximum absolute atomic E-state index is 14.9. The largest absolute Gasteiger partial charge is 0.351 e. The van der Waals surface area contributed by atoms with E-state index < -0.39 is 0 Å². The van der Waals surface area contributed by atoms with Crippen molar-refractivity contribution in [3.63, 3.8) is 0 Å². The maximum atomic E-state index is 14.9. The van der Waals surface area contributed by atoms with Gasteiger partial charge in [0.15, 0.2) is 5.11 Å². The van der Waals surface area contributed by atoms with Crippen LogP contribution in [0.25, 0.3) is 5.82 Å². The van der Waals surface area contributed by atoms with Crippen molar-refractivity contribution in [2.75, 3.05) is 4.90 Å². The summed E-state index contributed by atoms with van der Waals surface area (Å²) in [5, 5.41) is 3.82. The van der Waals surface area contributed by atoms with E-state index in [0.717, 1.165) is 22.8 Å². The lowest BCUT2D eigenvalue weighted by atomic mass is 10.0. The molecule has 0 bridgehead atoms. The molecule has 1 N–H and O–H groups in total. The number of hydrogen-bond acceptors (Lipinski definition) is 3. The molecule has 0 aliphatic carbocycles. The predicted octanol–water partition coefficient (Wildman–Crippen LogP) is 4.89. The van der Waals surface area contributed by atoms with E-state index in [2.05, 4.69) is 15.3 Å². The fourth-order valence-electron chi connectivity index (χ4n) is 4.01. The summed E-state index contributed by atoms with van der Waals surface area (Å²) in [6.45, 7) is 2.00. The average molecular weight is 430 g/mol. The van der Waals surface area contributed by atoms with Crippen LogP contribution in [0.15, 0.2) is 85.3 Å². The smallest absolute Gasteiger partial charge is 0.174 e. The van der Waals surface area contributed by atoms with Crippen molar-refractivity contribution >= 4 is 23.0 Å². The molecule has 1 fully saturated rings. The van der Waals surface area contributed by atoms with Gasteiger partial charge >= 0.3 is 0 Å². The van der Waals surface area contributed by atoms with Gasteiger partial charge < -0.3 is 14.8 Å². The van der Waals surface area contributed by atoms with E-state index in [9.17, 15) is 4.39 Å². The molecule has 5 nitrogen and oxygen atoms in total. The van der Waals surface area contributed by atoms with E-state index in [0.29, 0.717) is 10.8 Å². The van der Waals surface area contributed by atoms with Crippen molar-refractivity contribution in [3.05, 3.63) is 108 Å². The maximum Gasteiger partial charge on any atom is 0.174 e. The summed E-state index contributed by atoms with van der Waals surface area (Å²) in [6.07, 6.45) is 5.55. The summed E-state index contributed by atoms with van der Waals surface area (Å²) in [5.41, 5.74) is 3.27. The normalized spacial score (nSPS) is 18.3. The molecule has 2 atom stereocenters. The highest BCUT2D eigenvalue weighted by molar-refractivity contribution is 7.80. The Morgan fingerprint density at radius 3 is 2.55 bits per heavy atom. The van der Waals surface area contributed by atoms with E-state index in [-0.39, 0.29) is 17.9 Å². The predicted molar refractivity (Wildman–Crippen MR) is 123 cm³/mol. The fourth-order valence-corrected chi connectivity index (χ4v) is 4.35. The standard InChI is InChI=1S/C24H20FN5S/c1-16-11-12-21(27-15-16)29-14-6-10-20(29)23-22(18-8-4-5-13-26-18)28-24(31)30(23)19-9-3-2-7-17(19)25/h2-15,22-23H,1H3,(H,28,31).